The van der Waals surface area contributed by atoms with Crippen molar-refractivity contribution in [3.63, 3.8) is 0 Å². The largest absolute Gasteiger partial charge is 0.497 e. The van der Waals surface area contributed by atoms with Gasteiger partial charge in [0.05, 0.1) is 13.2 Å². The highest BCUT2D eigenvalue weighted by atomic mass is 28.4. The van der Waals surface area contributed by atoms with Gasteiger partial charge in [-0.05, 0) is 44.5 Å². The van der Waals surface area contributed by atoms with Crippen LogP contribution in [0, 0.1) is 0 Å². The van der Waals surface area contributed by atoms with Crippen LogP contribution in [0.4, 0.5) is 0 Å². The van der Waals surface area contributed by atoms with Crippen LogP contribution >= 0.6 is 0 Å². The van der Waals surface area contributed by atoms with E-state index in [1.807, 2.05) is 44.0 Å². The van der Waals surface area contributed by atoms with Gasteiger partial charge >= 0.3 is 0 Å². The smallest absolute Gasteiger partial charge is 0.220 e. The number of hydrogen-bond donors (Lipinski definition) is 0. The minimum absolute atomic E-state index is 0.0612. The number of rotatable bonds is 9. The SMILES string of the molecule is C=C(OCC)[C@H]([C@H]1COC(C)(C)O1)N(Cc1ccccc1)O[Si](C)(C)C(C)(C)C. The Morgan fingerprint density at radius 1 is 1.28 bits per heavy atom. The highest BCUT2D eigenvalue weighted by molar-refractivity contribution is 6.74. The van der Waals surface area contributed by atoms with Crippen LogP contribution in [0.15, 0.2) is 42.7 Å². The van der Waals surface area contributed by atoms with Gasteiger partial charge in [-0.15, -0.1) is 0 Å². The second kappa shape index (κ2) is 9.31. The maximum atomic E-state index is 6.81. The fraction of sp³-hybridized carbons (Fsp3) is 0.652. The first-order valence-corrected chi connectivity index (χ1v) is 13.4. The Balaban J connectivity index is 2.40. The van der Waals surface area contributed by atoms with E-state index >= 15 is 0 Å². The van der Waals surface area contributed by atoms with E-state index in [0.29, 0.717) is 25.5 Å². The lowest BCUT2D eigenvalue weighted by molar-refractivity contribution is -0.179. The summed E-state index contributed by atoms with van der Waals surface area (Å²) in [7, 11) is -2.11. The topological polar surface area (TPSA) is 40.2 Å². The van der Waals surface area contributed by atoms with Gasteiger partial charge in [-0.3, -0.25) is 0 Å². The lowest BCUT2D eigenvalue weighted by Crippen LogP contribution is -2.54. The Bertz CT molecular complexity index is 669. The van der Waals surface area contributed by atoms with Gasteiger partial charge < -0.3 is 18.7 Å². The highest BCUT2D eigenvalue weighted by Gasteiger charge is 2.46. The molecule has 29 heavy (non-hydrogen) atoms. The molecular formula is C23H39NO4Si. The minimum Gasteiger partial charge on any atom is -0.497 e. The summed E-state index contributed by atoms with van der Waals surface area (Å²) in [6, 6.07) is 10.1. The molecule has 2 rings (SSSR count). The molecular weight excluding hydrogens is 382 g/mol. The summed E-state index contributed by atoms with van der Waals surface area (Å²) in [6.07, 6.45) is -0.225. The Morgan fingerprint density at radius 3 is 2.38 bits per heavy atom. The van der Waals surface area contributed by atoms with Crippen LogP contribution in [0.25, 0.3) is 0 Å². The molecule has 1 aliphatic rings. The summed E-state index contributed by atoms with van der Waals surface area (Å²) >= 11 is 0. The van der Waals surface area contributed by atoms with Crippen molar-refractivity contribution in [2.24, 2.45) is 0 Å². The number of hydrogen-bond acceptors (Lipinski definition) is 5. The highest BCUT2D eigenvalue weighted by Crippen LogP contribution is 2.39. The number of benzene rings is 1. The first-order valence-electron chi connectivity index (χ1n) is 10.5. The fourth-order valence-electron chi connectivity index (χ4n) is 3.08. The van der Waals surface area contributed by atoms with E-state index in [4.69, 9.17) is 18.7 Å². The molecule has 0 spiro atoms. The Labute approximate surface area is 178 Å². The van der Waals surface area contributed by atoms with Crippen molar-refractivity contribution in [3.05, 3.63) is 48.2 Å². The molecule has 0 bridgehead atoms. The monoisotopic (exact) mass is 421 g/mol. The maximum absolute atomic E-state index is 6.81. The van der Waals surface area contributed by atoms with E-state index < -0.39 is 14.1 Å². The van der Waals surface area contributed by atoms with Crippen molar-refractivity contribution in [2.45, 2.75) is 84.2 Å². The fourth-order valence-corrected chi connectivity index (χ4v) is 4.11. The summed E-state index contributed by atoms with van der Waals surface area (Å²) in [5.41, 5.74) is 1.17. The van der Waals surface area contributed by atoms with Crippen molar-refractivity contribution in [2.75, 3.05) is 13.2 Å². The second-order valence-corrected chi connectivity index (χ2v) is 14.3. The molecule has 6 heteroatoms. The molecule has 1 aromatic carbocycles. The molecule has 0 saturated carbocycles. The van der Waals surface area contributed by atoms with Crippen LogP contribution in [-0.2, 0) is 25.3 Å². The maximum Gasteiger partial charge on any atom is 0.220 e. The third-order valence-electron chi connectivity index (χ3n) is 5.69. The second-order valence-electron chi connectivity index (χ2n) is 9.62. The Hall–Kier alpha value is -1.18. The van der Waals surface area contributed by atoms with E-state index in [9.17, 15) is 0 Å². The standard InChI is InChI=1S/C23H39NO4Si/c1-10-25-18(2)21(20-17-26-23(6,7)27-20)24(16-19-14-12-11-13-15-19)28-29(8,9)22(3,4)5/h11-15,20-21H,2,10,16-17H2,1,3-9H3/t20-,21-/m1/s1. The zero-order valence-electron chi connectivity index (χ0n) is 19.5. The Morgan fingerprint density at radius 2 is 1.90 bits per heavy atom. The molecule has 1 aromatic rings. The van der Waals surface area contributed by atoms with Crippen molar-refractivity contribution in [3.8, 4) is 0 Å². The summed E-state index contributed by atoms with van der Waals surface area (Å²) in [4.78, 5) is 0. The minimum atomic E-state index is -2.11. The van der Waals surface area contributed by atoms with Crippen molar-refractivity contribution in [1.29, 1.82) is 0 Å². The molecule has 0 aliphatic carbocycles. The molecule has 164 valence electrons. The van der Waals surface area contributed by atoms with Crippen molar-refractivity contribution >= 4 is 8.32 Å². The summed E-state index contributed by atoms with van der Waals surface area (Å²) in [5.74, 6) is 0.0126. The molecule has 2 atom stereocenters. The van der Waals surface area contributed by atoms with E-state index in [1.165, 1.54) is 5.56 Å². The summed E-state index contributed by atoms with van der Waals surface area (Å²) < 4.78 is 24.8. The lowest BCUT2D eigenvalue weighted by Gasteiger charge is -2.44. The predicted molar refractivity (Wildman–Crippen MR) is 120 cm³/mol. The van der Waals surface area contributed by atoms with Gasteiger partial charge in [0.15, 0.2) is 5.79 Å². The summed E-state index contributed by atoms with van der Waals surface area (Å²) in [5, 5.41) is 2.09. The number of hydroxylamine groups is 2. The van der Waals surface area contributed by atoms with Gasteiger partial charge in [0.2, 0.25) is 8.32 Å². The predicted octanol–water partition coefficient (Wildman–Crippen LogP) is 5.50. The van der Waals surface area contributed by atoms with Gasteiger partial charge in [0.25, 0.3) is 0 Å². The molecule has 0 radical (unpaired) electrons. The normalized spacial score (nSPS) is 20.7. The van der Waals surface area contributed by atoms with Crippen LogP contribution in [-0.4, -0.2) is 44.5 Å². The zero-order valence-corrected chi connectivity index (χ0v) is 20.5. The average Bonchev–Trinajstić information content (AvgIpc) is 2.94. The first-order chi connectivity index (χ1) is 13.4. The Kier molecular flexibility index (Phi) is 7.73. The van der Waals surface area contributed by atoms with Gasteiger partial charge in [0, 0.05) is 6.54 Å². The zero-order chi connectivity index (χ0) is 21.9. The molecule has 1 fully saturated rings. The van der Waals surface area contributed by atoms with Gasteiger partial charge in [-0.25, -0.2) is 0 Å². The molecule has 1 saturated heterocycles. The van der Waals surface area contributed by atoms with E-state index in [1.54, 1.807) is 0 Å². The van der Waals surface area contributed by atoms with Crippen LogP contribution in [0.1, 0.15) is 47.1 Å². The van der Waals surface area contributed by atoms with Crippen LogP contribution < -0.4 is 0 Å². The van der Waals surface area contributed by atoms with Crippen molar-refractivity contribution in [1.82, 2.24) is 5.06 Å². The van der Waals surface area contributed by atoms with Crippen LogP contribution in [0.3, 0.4) is 0 Å². The third kappa shape index (κ3) is 6.40. The molecule has 0 N–H and O–H groups in total. The molecule has 0 aromatic heterocycles. The van der Waals surface area contributed by atoms with E-state index in [-0.39, 0.29) is 17.2 Å². The van der Waals surface area contributed by atoms with E-state index in [2.05, 4.69) is 52.6 Å². The first kappa shape index (κ1) is 24.1. The molecule has 0 unspecified atom stereocenters. The van der Waals surface area contributed by atoms with Gasteiger partial charge in [-0.2, -0.15) is 5.06 Å². The molecule has 5 nitrogen and oxygen atoms in total. The average molecular weight is 422 g/mol. The lowest BCUT2D eigenvalue weighted by atomic mass is 10.1. The third-order valence-corrected chi connectivity index (χ3v) is 9.99. The summed E-state index contributed by atoms with van der Waals surface area (Å²) in [6.45, 7) is 22.9. The van der Waals surface area contributed by atoms with Crippen molar-refractivity contribution < 1.29 is 18.7 Å². The quantitative estimate of drug-likeness (QED) is 0.299. The van der Waals surface area contributed by atoms with Crippen LogP contribution in [0.5, 0.6) is 0 Å². The van der Waals surface area contributed by atoms with Crippen LogP contribution in [0.2, 0.25) is 18.1 Å². The number of nitrogens with zero attached hydrogens (tertiary/aromatic N) is 1. The molecule has 1 aliphatic heterocycles. The molecule has 0 amide bonds. The van der Waals surface area contributed by atoms with Gasteiger partial charge in [-0.1, -0.05) is 57.7 Å². The van der Waals surface area contributed by atoms with E-state index in [0.717, 1.165) is 0 Å². The molecule has 1 heterocycles. The van der Waals surface area contributed by atoms with Gasteiger partial charge in [0.1, 0.15) is 17.9 Å². The number of ether oxygens (including phenoxy) is 3.